The van der Waals surface area contributed by atoms with Crippen LogP contribution in [-0.4, -0.2) is 43.2 Å². The number of nitrogens with two attached hydrogens (primary N) is 1. The molecular formula is C13H18N2O2. The molecule has 0 aromatic heterocycles. The molecule has 1 amide bonds. The van der Waals surface area contributed by atoms with Crippen molar-refractivity contribution in [2.45, 2.75) is 12.5 Å². The highest BCUT2D eigenvalue weighted by atomic mass is 16.5. The summed E-state index contributed by atoms with van der Waals surface area (Å²) in [5.74, 6) is 0.134. The fourth-order valence-electron chi connectivity index (χ4n) is 2.05. The molecule has 2 rings (SSSR count). The predicted octanol–water partition coefficient (Wildman–Crippen LogP) is 0.415. The molecule has 1 atom stereocenters. The van der Waals surface area contributed by atoms with Crippen molar-refractivity contribution in [1.29, 1.82) is 0 Å². The van der Waals surface area contributed by atoms with E-state index < -0.39 is 0 Å². The van der Waals surface area contributed by atoms with Crippen LogP contribution in [0.5, 0.6) is 0 Å². The maximum atomic E-state index is 12.2. The van der Waals surface area contributed by atoms with Gasteiger partial charge in [-0.3, -0.25) is 4.79 Å². The van der Waals surface area contributed by atoms with Crippen LogP contribution in [0.15, 0.2) is 30.3 Å². The molecule has 4 nitrogen and oxygen atoms in total. The Morgan fingerprint density at radius 2 is 2.18 bits per heavy atom. The van der Waals surface area contributed by atoms with Crippen LogP contribution in [0.25, 0.3) is 0 Å². The molecule has 2 N–H and O–H groups in total. The first-order chi connectivity index (χ1) is 8.31. The molecule has 0 radical (unpaired) electrons. The Labute approximate surface area is 101 Å². The number of carbonyl (C=O) groups excluding carboxylic acids is 1. The van der Waals surface area contributed by atoms with Crippen molar-refractivity contribution in [3.05, 3.63) is 35.9 Å². The van der Waals surface area contributed by atoms with Gasteiger partial charge < -0.3 is 15.4 Å². The van der Waals surface area contributed by atoms with E-state index in [1.807, 2.05) is 35.2 Å². The van der Waals surface area contributed by atoms with Gasteiger partial charge in [-0.05, 0) is 5.56 Å². The number of carbonyl (C=O) groups is 1. The lowest BCUT2D eigenvalue weighted by Gasteiger charge is -2.35. The third kappa shape index (κ3) is 3.05. The number of hydrogen-bond acceptors (Lipinski definition) is 3. The van der Waals surface area contributed by atoms with E-state index in [0.29, 0.717) is 32.7 Å². The summed E-state index contributed by atoms with van der Waals surface area (Å²) in [6.07, 6.45) is 0.442. The van der Waals surface area contributed by atoms with Crippen LogP contribution in [0.2, 0.25) is 0 Å². The second-order valence-electron chi connectivity index (χ2n) is 4.21. The predicted molar refractivity (Wildman–Crippen MR) is 65.5 cm³/mol. The number of nitrogens with zero attached hydrogens (tertiary/aromatic N) is 1. The lowest BCUT2D eigenvalue weighted by atomic mass is 10.1. The van der Waals surface area contributed by atoms with E-state index in [9.17, 15) is 4.79 Å². The normalized spacial score (nSPS) is 20.3. The quantitative estimate of drug-likeness (QED) is 0.824. The van der Waals surface area contributed by atoms with Crippen LogP contribution < -0.4 is 5.73 Å². The summed E-state index contributed by atoms with van der Waals surface area (Å²) in [5, 5.41) is 0. The Morgan fingerprint density at radius 3 is 2.88 bits per heavy atom. The van der Waals surface area contributed by atoms with Crippen LogP contribution in [0, 0.1) is 0 Å². The average molecular weight is 234 g/mol. The Bertz CT molecular complexity index is 367. The second-order valence-corrected chi connectivity index (χ2v) is 4.21. The lowest BCUT2D eigenvalue weighted by molar-refractivity contribution is -0.138. The van der Waals surface area contributed by atoms with E-state index in [1.165, 1.54) is 0 Å². The van der Waals surface area contributed by atoms with E-state index >= 15 is 0 Å². The van der Waals surface area contributed by atoms with Crippen LogP contribution in [0.4, 0.5) is 0 Å². The Balaban J connectivity index is 1.99. The summed E-state index contributed by atoms with van der Waals surface area (Å²) < 4.78 is 5.33. The minimum atomic E-state index is 0.0277. The van der Waals surface area contributed by atoms with Crippen molar-refractivity contribution in [2.24, 2.45) is 5.73 Å². The van der Waals surface area contributed by atoms with Gasteiger partial charge in [0.15, 0.2) is 0 Å². The lowest BCUT2D eigenvalue weighted by Crippen LogP contribution is -2.52. The monoisotopic (exact) mass is 234 g/mol. The number of benzene rings is 1. The van der Waals surface area contributed by atoms with Crippen molar-refractivity contribution in [1.82, 2.24) is 4.90 Å². The minimum absolute atomic E-state index is 0.0277. The van der Waals surface area contributed by atoms with Crippen molar-refractivity contribution in [3.8, 4) is 0 Å². The van der Waals surface area contributed by atoms with Crippen molar-refractivity contribution >= 4 is 5.91 Å². The highest BCUT2D eigenvalue weighted by molar-refractivity contribution is 5.79. The molecular weight excluding hydrogens is 216 g/mol. The zero-order valence-electron chi connectivity index (χ0n) is 9.84. The molecule has 1 fully saturated rings. The average Bonchev–Trinajstić information content (AvgIpc) is 2.40. The molecule has 0 spiro atoms. The standard InChI is InChI=1S/C13H18N2O2/c14-9-12-10-17-7-6-15(12)13(16)8-11-4-2-1-3-5-11/h1-5,12H,6-10,14H2. The van der Waals surface area contributed by atoms with Gasteiger partial charge in [-0.1, -0.05) is 30.3 Å². The number of ether oxygens (including phenoxy) is 1. The van der Waals surface area contributed by atoms with Gasteiger partial charge in [0.1, 0.15) is 0 Å². The van der Waals surface area contributed by atoms with Crippen molar-refractivity contribution < 1.29 is 9.53 Å². The van der Waals surface area contributed by atoms with Gasteiger partial charge in [-0.25, -0.2) is 0 Å². The first-order valence-electron chi connectivity index (χ1n) is 5.92. The largest absolute Gasteiger partial charge is 0.377 e. The van der Waals surface area contributed by atoms with Gasteiger partial charge in [0.05, 0.1) is 25.7 Å². The number of morpholine rings is 1. The van der Waals surface area contributed by atoms with E-state index in [-0.39, 0.29) is 11.9 Å². The molecule has 1 aliphatic heterocycles. The Morgan fingerprint density at radius 1 is 1.41 bits per heavy atom. The molecule has 1 saturated heterocycles. The molecule has 0 saturated carbocycles. The summed E-state index contributed by atoms with van der Waals surface area (Å²) in [7, 11) is 0. The van der Waals surface area contributed by atoms with Crippen molar-refractivity contribution in [2.75, 3.05) is 26.3 Å². The topological polar surface area (TPSA) is 55.6 Å². The molecule has 1 aromatic carbocycles. The van der Waals surface area contributed by atoms with Crippen molar-refractivity contribution in [3.63, 3.8) is 0 Å². The third-order valence-corrected chi connectivity index (χ3v) is 3.02. The van der Waals surface area contributed by atoms with E-state index in [0.717, 1.165) is 5.56 Å². The zero-order valence-corrected chi connectivity index (χ0v) is 9.84. The highest BCUT2D eigenvalue weighted by Gasteiger charge is 2.25. The van der Waals surface area contributed by atoms with E-state index in [4.69, 9.17) is 10.5 Å². The summed E-state index contributed by atoms with van der Waals surface area (Å²) in [5.41, 5.74) is 6.69. The van der Waals surface area contributed by atoms with Gasteiger partial charge in [0.25, 0.3) is 0 Å². The van der Waals surface area contributed by atoms with Crippen LogP contribution >= 0.6 is 0 Å². The Kier molecular flexibility index (Phi) is 4.12. The maximum absolute atomic E-state index is 12.2. The number of amides is 1. The summed E-state index contributed by atoms with van der Waals surface area (Å²) in [6, 6.07) is 9.81. The molecule has 1 unspecified atom stereocenters. The molecule has 1 aliphatic rings. The fraction of sp³-hybridized carbons (Fsp3) is 0.462. The second kappa shape index (κ2) is 5.80. The maximum Gasteiger partial charge on any atom is 0.227 e. The molecule has 4 heteroatoms. The van der Waals surface area contributed by atoms with Gasteiger partial charge in [-0.2, -0.15) is 0 Å². The van der Waals surface area contributed by atoms with E-state index in [2.05, 4.69) is 0 Å². The first-order valence-corrected chi connectivity index (χ1v) is 5.92. The fourth-order valence-corrected chi connectivity index (χ4v) is 2.05. The highest BCUT2D eigenvalue weighted by Crippen LogP contribution is 2.09. The van der Waals surface area contributed by atoms with Crippen LogP contribution in [0.3, 0.4) is 0 Å². The molecule has 92 valence electrons. The van der Waals surface area contributed by atoms with Gasteiger partial charge in [0.2, 0.25) is 5.91 Å². The van der Waals surface area contributed by atoms with E-state index in [1.54, 1.807) is 0 Å². The molecule has 1 aromatic rings. The van der Waals surface area contributed by atoms with Gasteiger partial charge in [0, 0.05) is 13.1 Å². The van der Waals surface area contributed by atoms with Crippen LogP contribution in [0.1, 0.15) is 5.56 Å². The SMILES string of the molecule is NCC1COCCN1C(=O)Cc1ccccc1. The van der Waals surface area contributed by atoms with Crippen LogP contribution in [-0.2, 0) is 16.0 Å². The molecule has 1 heterocycles. The first kappa shape index (κ1) is 12.1. The van der Waals surface area contributed by atoms with Gasteiger partial charge in [-0.15, -0.1) is 0 Å². The van der Waals surface area contributed by atoms with Gasteiger partial charge >= 0.3 is 0 Å². The molecule has 0 bridgehead atoms. The third-order valence-electron chi connectivity index (χ3n) is 3.02. The summed E-state index contributed by atoms with van der Waals surface area (Å²) in [4.78, 5) is 14.0. The smallest absolute Gasteiger partial charge is 0.227 e. The minimum Gasteiger partial charge on any atom is -0.377 e. The summed E-state index contributed by atoms with van der Waals surface area (Å²) in [6.45, 7) is 2.27. The number of rotatable bonds is 3. The Hall–Kier alpha value is -1.39. The summed E-state index contributed by atoms with van der Waals surface area (Å²) >= 11 is 0. The zero-order chi connectivity index (χ0) is 12.1. The molecule has 17 heavy (non-hydrogen) atoms. The molecule has 0 aliphatic carbocycles. The number of hydrogen-bond donors (Lipinski definition) is 1.